The van der Waals surface area contributed by atoms with E-state index >= 15 is 0 Å². The summed E-state index contributed by atoms with van der Waals surface area (Å²) in [5.74, 6) is -0.118. The molecule has 0 aromatic heterocycles. The largest absolute Gasteiger partial charge is 0.322 e. The highest BCUT2D eigenvalue weighted by atomic mass is 32.2. The van der Waals surface area contributed by atoms with Gasteiger partial charge in [-0.25, -0.2) is 8.78 Å². The quantitative estimate of drug-likeness (QED) is 0.840. The maximum absolute atomic E-state index is 13.3. The summed E-state index contributed by atoms with van der Waals surface area (Å²) in [6, 6.07) is 11.8. The minimum Gasteiger partial charge on any atom is -0.322 e. The summed E-state index contributed by atoms with van der Waals surface area (Å²) in [7, 11) is 0. The van der Waals surface area contributed by atoms with E-state index in [0.717, 1.165) is 11.3 Å². The van der Waals surface area contributed by atoms with Crippen LogP contribution in [0.4, 0.5) is 8.78 Å². The van der Waals surface area contributed by atoms with Gasteiger partial charge < -0.3 is 4.90 Å². The molecule has 1 aliphatic rings. The molecular formula is C16H13F2NOS. The van der Waals surface area contributed by atoms with Crippen LogP contribution in [0.1, 0.15) is 21.3 Å². The number of hydrogen-bond donors (Lipinski definition) is 0. The average Bonchev–Trinajstić information content (AvgIpc) is 2.96. The predicted octanol–water partition coefficient (Wildman–Crippen LogP) is 3.85. The molecule has 1 atom stereocenters. The third-order valence-electron chi connectivity index (χ3n) is 3.38. The molecule has 1 amide bonds. The zero-order valence-corrected chi connectivity index (χ0v) is 11.9. The van der Waals surface area contributed by atoms with Gasteiger partial charge in [0.2, 0.25) is 0 Å². The van der Waals surface area contributed by atoms with E-state index in [1.807, 2.05) is 0 Å². The number of benzene rings is 2. The molecule has 2 aromatic carbocycles. The predicted molar refractivity (Wildman–Crippen MR) is 79.0 cm³/mol. The Morgan fingerprint density at radius 3 is 2.57 bits per heavy atom. The summed E-state index contributed by atoms with van der Waals surface area (Å²) in [6.07, 6.45) is 0. The van der Waals surface area contributed by atoms with Crippen molar-refractivity contribution >= 4 is 17.7 Å². The highest BCUT2D eigenvalue weighted by Crippen LogP contribution is 2.38. The van der Waals surface area contributed by atoms with Crippen LogP contribution in [0.25, 0.3) is 0 Å². The number of thioether (sulfide) groups is 1. The van der Waals surface area contributed by atoms with E-state index in [2.05, 4.69) is 0 Å². The molecule has 0 bridgehead atoms. The maximum atomic E-state index is 13.3. The van der Waals surface area contributed by atoms with Gasteiger partial charge in [0.15, 0.2) is 0 Å². The standard InChI is InChI=1S/C16H13F2NOS/c17-13-6-4-11(5-7-13)16-19(8-9-21-16)15(20)12-2-1-3-14(18)10-12/h1-7,10,16H,8-9H2/t16-/m0/s1. The topological polar surface area (TPSA) is 20.3 Å². The van der Waals surface area contributed by atoms with Gasteiger partial charge in [-0.1, -0.05) is 18.2 Å². The van der Waals surface area contributed by atoms with Gasteiger partial charge in [-0.3, -0.25) is 4.79 Å². The fourth-order valence-electron chi connectivity index (χ4n) is 2.37. The van der Waals surface area contributed by atoms with Crippen molar-refractivity contribution in [3.8, 4) is 0 Å². The van der Waals surface area contributed by atoms with Crippen LogP contribution in [0.2, 0.25) is 0 Å². The molecule has 2 aromatic rings. The van der Waals surface area contributed by atoms with Gasteiger partial charge >= 0.3 is 0 Å². The van der Waals surface area contributed by atoms with Crippen LogP contribution in [0, 0.1) is 11.6 Å². The molecule has 5 heteroatoms. The van der Waals surface area contributed by atoms with Gasteiger partial charge in [-0.15, -0.1) is 11.8 Å². The van der Waals surface area contributed by atoms with Crippen LogP contribution < -0.4 is 0 Å². The Morgan fingerprint density at radius 2 is 1.86 bits per heavy atom. The Labute approximate surface area is 125 Å². The molecule has 21 heavy (non-hydrogen) atoms. The summed E-state index contributed by atoms with van der Waals surface area (Å²) < 4.78 is 26.3. The van der Waals surface area contributed by atoms with Crippen molar-refractivity contribution in [1.82, 2.24) is 4.90 Å². The molecule has 0 N–H and O–H groups in total. The van der Waals surface area contributed by atoms with E-state index in [0.29, 0.717) is 12.1 Å². The Morgan fingerprint density at radius 1 is 1.10 bits per heavy atom. The van der Waals surface area contributed by atoms with Crippen LogP contribution in [0.3, 0.4) is 0 Å². The van der Waals surface area contributed by atoms with Crippen LogP contribution >= 0.6 is 11.8 Å². The van der Waals surface area contributed by atoms with Crippen LogP contribution in [0.5, 0.6) is 0 Å². The Hall–Kier alpha value is -1.88. The molecule has 108 valence electrons. The molecule has 3 rings (SSSR count). The number of nitrogens with zero attached hydrogens (tertiary/aromatic N) is 1. The second-order valence-corrected chi connectivity index (χ2v) is 5.97. The molecular weight excluding hydrogens is 292 g/mol. The number of carbonyl (C=O) groups is 1. The van der Waals surface area contributed by atoms with E-state index in [4.69, 9.17) is 0 Å². The third kappa shape index (κ3) is 2.93. The van der Waals surface area contributed by atoms with Crippen molar-refractivity contribution in [3.05, 3.63) is 71.3 Å². The number of amides is 1. The molecule has 0 aliphatic carbocycles. The van der Waals surface area contributed by atoms with E-state index in [-0.39, 0.29) is 17.1 Å². The normalized spacial score (nSPS) is 18.0. The smallest absolute Gasteiger partial charge is 0.255 e. The van der Waals surface area contributed by atoms with Gasteiger partial charge in [0, 0.05) is 17.9 Å². The van der Waals surface area contributed by atoms with E-state index in [1.54, 1.807) is 34.9 Å². The zero-order chi connectivity index (χ0) is 14.8. The Kier molecular flexibility index (Phi) is 3.92. The number of carbonyl (C=O) groups excluding carboxylic acids is 1. The molecule has 0 radical (unpaired) electrons. The lowest BCUT2D eigenvalue weighted by atomic mass is 10.1. The van der Waals surface area contributed by atoms with Crippen molar-refractivity contribution in [3.63, 3.8) is 0 Å². The van der Waals surface area contributed by atoms with Crippen molar-refractivity contribution in [2.45, 2.75) is 5.37 Å². The van der Waals surface area contributed by atoms with E-state index in [1.165, 1.54) is 30.3 Å². The molecule has 1 saturated heterocycles. The number of rotatable bonds is 2. The second kappa shape index (κ2) is 5.85. The lowest BCUT2D eigenvalue weighted by Crippen LogP contribution is -2.30. The van der Waals surface area contributed by atoms with Gasteiger partial charge in [0.05, 0.1) is 0 Å². The van der Waals surface area contributed by atoms with Gasteiger partial charge in [0.1, 0.15) is 17.0 Å². The van der Waals surface area contributed by atoms with Crippen molar-refractivity contribution in [1.29, 1.82) is 0 Å². The fourth-order valence-corrected chi connectivity index (χ4v) is 3.62. The average molecular weight is 305 g/mol. The van der Waals surface area contributed by atoms with Gasteiger partial charge in [-0.05, 0) is 35.9 Å². The minimum absolute atomic E-state index is 0.152. The first-order valence-corrected chi connectivity index (χ1v) is 7.63. The molecule has 1 aliphatic heterocycles. The second-order valence-electron chi connectivity index (χ2n) is 4.78. The summed E-state index contributed by atoms with van der Waals surface area (Å²) in [6.45, 7) is 0.599. The van der Waals surface area contributed by atoms with Crippen molar-refractivity contribution in [2.24, 2.45) is 0 Å². The van der Waals surface area contributed by atoms with E-state index in [9.17, 15) is 13.6 Å². The summed E-state index contributed by atoms with van der Waals surface area (Å²) in [5, 5.41) is -0.152. The minimum atomic E-state index is -0.425. The van der Waals surface area contributed by atoms with Crippen LogP contribution in [-0.2, 0) is 0 Å². The number of hydrogen-bond acceptors (Lipinski definition) is 2. The summed E-state index contributed by atoms with van der Waals surface area (Å²) in [4.78, 5) is 14.2. The first kappa shape index (κ1) is 14.1. The highest BCUT2D eigenvalue weighted by molar-refractivity contribution is 7.99. The fraction of sp³-hybridized carbons (Fsp3) is 0.188. The maximum Gasteiger partial charge on any atom is 0.255 e. The monoisotopic (exact) mass is 305 g/mol. The molecule has 1 heterocycles. The summed E-state index contributed by atoms with van der Waals surface area (Å²) in [5.41, 5.74) is 1.22. The van der Waals surface area contributed by atoms with Crippen molar-refractivity contribution < 1.29 is 13.6 Å². The number of halogens is 2. The van der Waals surface area contributed by atoms with Gasteiger partial charge in [0.25, 0.3) is 5.91 Å². The third-order valence-corrected chi connectivity index (χ3v) is 4.64. The first-order chi connectivity index (χ1) is 10.1. The van der Waals surface area contributed by atoms with Crippen LogP contribution in [0.15, 0.2) is 48.5 Å². The summed E-state index contributed by atoms with van der Waals surface area (Å²) >= 11 is 1.63. The van der Waals surface area contributed by atoms with Crippen LogP contribution in [-0.4, -0.2) is 23.1 Å². The first-order valence-electron chi connectivity index (χ1n) is 6.59. The Bertz CT molecular complexity index is 660. The van der Waals surface area contributed by atoms with E-state index < -0.39 is 5.82 Å². The molecule has 0 saturated carbocycles. The lowest BCUT2D eigenvalue weighted by molar-refractivity contribution is 0.0760. The lowest BCUT2D eigenvalue weighted by Gasteiger charge is -2.24. The van der Waals surface area contributed by atoms with Gasteiger partial charge in [-0.2, -0.15) is 0 Å². The zero-order valence-electron chi connectivity index (χ0n) is 11.1. The molecule has 0 spiro atoms. The molecule has 1 fully saturated rings. The molecule has 2 nitrogen and oxygen atoms in total. The Balaban J connectivity index is 1.87. The molecule has 0 unspecified atom stereocenters. The SMILES string of the molecule is O=C(c1cccc(F)c1)N1CCS[C@H]1c1ccc(F)cc1. The van der Waals surface area contributed by atoms with Crippen molar-refractivity contribution in [2.75, 3.05) is 12.3 Å². The highest BCUT2D eigenvalue weighted by Gasteiger charge is 2.31.